The van der Waals surface area contributed by atoms with E-state index in [1.165, 1.54) is 57.4 Å². The van der Waals surface area contributed by atoms with Crippen LogP contribution in [0.3, 0.4) is 0 Å². The minimum absolute atomic E-state index is 0.0513. The molecule has 19 nitrogen and oxygen atoms in total. The molecule has 0 spiro atoms. The minimum Gasteiger partial charge on any atom is -0.462 e. The molecule has 0 aromatic carbocycles. The highest BCUT2D eigenvalue weighted by Crippen LogP contribution is 2.67. The standard InChI is InChI=1S/C58H100N2O17/c1-32(2)12-9-13-33(3)40-16-17-41-39-15-14-37-28-38(18-21-57(37,7)42(39)19-22-58(40,41)8)72-46(65)20-26-60(36(6)64)25-10-23-59-24-11-27-71-56-53(77-55-51(70)50(69)48(67)44(30-62)74-55)52(49(68)45(31-63)75-56)76-54-47(66)35(5)34(4)43(29-61)73-54/h14,32-35,38-45,47-56,59,61-63,66-70H,9-13,15-31H2,1-8H3/t33-,34+,35+,38?,39+,40-,41+,42+,43+,44?,45+,47+,48+,49-,50+,51-,52?,53?,54?,55?,56?,57+,58-/m1/s1. The van der Waals surface area contributed by atoms with E-state index in [2.05, 4.69) is 46.0 Å². The normalized spacial score (nSPS) is 42.5. The summed E-state index contributed by atoms with van der Waals surface area (Å²) in [6, 6.07) is 0. The number of amides is 1. The first-order valence-electron chi connectivity index (χ1n) is 29.6. The van der Waals surface area contributed by atoms with Crippen LogP contribution >= 0.6 is 0 Å². The lowest BCUT2D eigenvalue weighted by atomic mass is 9.47. The fourth-order valence-corrected chi connectivity index (χ4v) is 15.1. The molecule has 7 aliphatic rings. The van der Waals surface area contributed by atoms with Crippen molar-refractivity contribution in [3.05, 3.63) is 11.6 Å². The van der Waals surface area contributed by atoms with Gasteiger partial charge in [0.15, 0.2) is 18.9 Å². The number of fused-ring (bicyclic) bond motifs is 5. The van der Waals surface area contributed by atoms with Gasteiger partial charge in [0.1, 0.15) is 61.0 Å². The molecule has 7 unspecified atom stereocenters. The molecule has 0 bridgehead atoms. The van der Waals surface area contributed by atoms with Gasteiger partial charge in [0.2, 0.25) is 5.91 Å². The number of carbonyl (C=O) groups is 2. The van der Waals surface area contributed by atoms with Gasteiger partial charge in [0.05, 0.1) is 39.0 Å². The Morgan fingerprint density at radius 1 is 0.727 bits per heavy atom. The van der Waals surface area contributed by atoms with Crippen LogP contribution in [-0.2, 0) is 42.7 Å². The first-order valence-corrected chi connectivity index (χ1v) is 29.6. The second-order valence-electron chi connectivity index (χ2n) is 25.3. The van der Waals surface area contributed by atoms with Gasteiger partial charge in [-0.3, -0.25) is 9.59 Å². The van der Waals surface area contributed by atoms with Crippen LogP contribution in [0.5, 0.6) is 0 Å². The molecular formula is C58H100N2O17. The van der Waals surface area contributed by atoms with Crippen molar-refractivity contribution in [3.63, 3.8) is 0 Å². The average molecular weight is 1100 g/mol. The predicted octanol–water partition coefficient (Wildman–Crippen LogP) is 3.56. The summed E-state index contributed by atoms with van der Waals surface area (Å²) in [4.78, 5) is 27.7. The highest BCUT2D eigenvalue weighted by molar-refractivity contribution is 5.75. The molecule has 444 valence electrons. The Kier molecular flexibility index (Phi) is 22.7. The van der Waals surface area contributed by atoms with E-state index in [1.807, 2.05) is 6.92 Å². The van der Waals surface area contributed by atoms with Crippen molar-refractivity contribution < 1.29 is 83.6 Å². The number of rotatable bonds is 25. The zero-order valence-electron chi connectivity index (χ0n) is 47.5. The fourth-order valence-electron chi connectivity index (χ4n) is 15.1. The monoisotopic (exact) mass is 1100 g/mol. The number of ether oxygens (including phenoxy) is 7. The zero-order chi connectivity index (χ0) is 55.9. The Labute approximate surface area is 458 Å². The third kappa shape index (κ3) is 14.3. The number of hydrogen-bond donors (Lipinski definition) is 9. The van der Waals surface area contributed by atoms with Gasteiger partial charge in [-0.15, -0.1) is 0 Å². The quantitative estimate of drug-likeness (QED) is 0.0359. The summed E-state index contributed by atoms with van der Waals surface area (Å²) in [5.41, 5.74) is 2.10. The van der Waals surface area contributed by atoms with E-state index in [0.29, 0.717) is 43.8 Å². The molecule has 0 aromatic heterocycles. The summed E-state index contributed by atoms with van der Waals surface area (Å²) in [7, 11) is 0. The van der Waals surface area contributed by atoms with Gasteiger partial charge in [0, 0.05) is 26.4 Å². The van der Waals surface area contributed by atoms with Gasteiger partial charge in [0.25, 0.3) is 0 Å². The smallest absolute Gasteiger partial charge is 0.307 e. The van der Waals surface area contributed by atoms with Crippen molar-refractivity contribution in [3.8, 4) is 0 Å². The molecule has 77 heavy (non-hydrogen) atoms. The number of aliphatic hydroxyl groups excluding tert-OH is 8. The molecule has 7 rings (SSSR count). The van der Waals surface area contributed by atoms with E-state index >= 15 is 0 Å². The van der Waals surface area contributed by atoms with Crippen molar-refractivity contribution in [2.24, 2.45) is 58.2 Å². The van der Waals surface area contributed by atoms with Gasteiger partial charge in [-0.05, 0) is 129 Å². The molecule has 9 N–H and O–H groups in total. The summed E-state index contributed by atoms with van der Waals surface area (Å²) in [6.07, 6.45) is -2.01. The summed E-state index contributed by atoms with van der Waals surface area (Å²) < 4.78 is 42.1. The van der Waals surface area contributed by atoms with Gasteiger partial charge in [-0.25, -0.2) is 0 Å². The van der Waals surface area contributed by atoms with Gasteiger partial charge in [-0.1, -0.05) is 79.4 Å². The average Bonchev–Trinajstić information content (AvgIpc) is 3.83. The van der Waals surface area contributed by atoms with Crippen molar-refractivity contribution in [2.75, 3.05) is 52.6 Å². The number of carbonyl (C=O) groups excluding carboxylic acids is 2. The first-order chi connectivity index (χ1) is 36.7. The van der Waals surface area contributed by atoms with Gasteiger partial charge in [-0.2, -0.15) is 0 Å². The van der Waals surface area contributed by atoms with E-state index in [1.54, 1.807) is 11.8 Å². The molecule has 0 aromatic rings. The lowest BCUT2D eigenvalue weighted by Crippen LogP contribution is -2.66. The molecular weight excluding hydrogens is 997 g/mol. The van der Waals surface area contributed by atoms with E-state index < -0.39 is 99.0 Å². The van der Waals surface area contributed by atoms with E-state index in [4.69, 9.17) is 33.2 Å². The van der Waals surface area contributed by atoms with E-state index in [9.17, 15) is 50.4 Å². The molecule has 6 fully saturated rings. The van der Waals surface area contributed by atoms with Gasteiger partial charge >= 0.3 is 5.97 Å². The maximum atomic E-state index is 13.3. The number of hydrogen-bond acceptors (Lipinski definition) is 18. The fraction of sp³-hybridized carbons (Fsp3) is 0.931. The Morgan fingerprint density at radius 2 is 1.39 bits per heavy atom. The Bertz CT molecular complexity index is 1890. The topological polar surface area (TPSA) is 276 Å². The summed E-state index contributed by atoms with van der Waals surface area (Å²) >= 11 is 0. The van der Waals surface area contributed by atoms with E-state index in [0.717, 1.165) is 55.3 Å². The molecule has 3 saturated heterocycles. The lowest BCUT2D eigenvalue weighted by molar-refractivity contribution is -0.389. The highest BCUT2D eigenvalue weighted by Gasteiger charge is 2.60. The third-order valence-electron chi connectivity index (χ3n) is 20.1. The van der Waals surface area contributed by atoms with Crippen LogP contribution in [0.15, 0.2) is 11.6 Å². The third-order valence-corrected chi connectivity index (χ3v) is 20.1. The second-order valence-corrected chi connectivity index (χ2v) is 25.3. The van der Waals surface area contributed by atoms with Crippen LogP contribution in [0.4, 0.5) is 0 Å². The summed E-state index contributed by atoms with van der Waals surface area (Å²) in [5, 5.41) is 87.9. The van der Waals surface area contributed by atoms with Crippen molar-refractivity contribution >= 4 is 11.9 Å². The predicted molar refractivity (Wildman–Crippen MR) is 283 cm³/mol. The molecule has 23 atom stereocenters. The molecule has 19 heteroatoms. The number of allylic oxidation sites excluding steroid dienone is 1. The minimum atomic E-state index is -1.83. The van der Waals surface area contributed by atoms with Crippen molar-refractivity contribution in [1.29, 1.82) is 0 Å². The summed E-state index contributed by atoms with van der Waals surface area (Å²) in [5.74, 6) is 3.57. The molecule has 1 amide bonds. The molecule has 3 saturated carbocycles. The SMILES string of the molecule is CC(=O)N(CCCNCCCOC1O[C@@H](CO)[C@@H](O)C(OC2O[C@@H](CO)[C@@H](C)[C@H](C)[C@@H]2O)C1OC1OC(CO)[C@H](O)[C@H](O)[C@H]1O)CCC(=O)OC1CC[C@@]2(C)C(=CC[C@H]3[C@@H]4CC[C@H]([C@H](C)CCCC(C)C)[C@@]4(C)CC[C@@H]32)C1. The van der Waals surface area contributed by atoms with Gasteiger partial charge < -0.3 is 84.2 Å². The highest BCUT2D eigenvalue weighted by atomic mass is 16.8. The number of esters is 1. The Hall–Kier alpha value is -1.92. The first kappa shape index (κ1) is 62.7. The van der Waals surface area contributed by atoms with Crippen LogP contribution < -0.4 is 5.32 Å². The maximum absolute atomic E-state index is 13.3. The van der Waals surface area contributed by atoms with Crippen LogP contribution in [0.1, 0.15) is 145 Å². The van der Waals surface area contributed by atoms with Crippen LogP contribution in [0, 0.1) is 58.2 Å². The summed E-state index contributed by atoms with van der Waals surface area (Å²) in [6.45, 7) is 17.5. The largest absolute Gasteiger partial charge is 0.462 e. The lowest BCUT2D eigenvalue weighted by Gasteiger charge is -2.58. The van der Waals surface area contributed by atoms with E-state index in [-0.39, 0.29) is 55.5 Å². The van der Waals surface area contributed by atoms with Crippen molar-refractivity contribution in [1.82, 2.24) is 10.2 Å². The Morgan fingerprint density at radius 3 is 2.09 bits per heavy atom. The number of nitrogens with zero attached hydrogens (tertiary/aromatic N) is 1. The number of aliphatic hydroxyl groups is 8. The maximum Gasteiger partial charge on any atom is 0.307 e. The zero-order valence-corrected chi connectivity index (χ0v) is 47.5. The number of nitrogens with one attached hydrogen (secondary N) is 1. The second kappa shape index (κ2) is 27.9. The Balaban J connectivity index is 0.853. The van der Waals surface area contributed by atoms with Crippen LogP contribution in [0.25, 0.3) is 0 Å². The van der Waals surface area contributed by atoms with Crippen molar-refractivity contribution in [2.45, 2.75) is 231 Å². The van der Waals surface area contributed by atoms with Crippen LogP contribution in [-0.4, -0.2) is 196 Å². The molecule has 4 aliphatic carbocycles. The molecule has 0 radical (unpaired) electrons. The molecule has 3 aliphatic heterocycles. The molecule has 3 heterocycles. The van der Waals surface area contributed by atoms with Crippen LogP contribution in [0.2, 0.25) is 0 Å².